The van der Waals surface area contributed by atoms with Crippen LogP contribution in [-0.4, -0.2) is 39.9 Å². The third-order valence-corrected chi connectivity index (χ3v) is 5.19. The van der Waals surface area contributed by atoms with Gasteiger partial charge in [0.1, 0.15) is 12.3 Å². The van der Waals surface area contributed by atoms with Crippen molar-refractivity contribution in [2.45, 2.75) is 34.2 Å². The van der Waals surface area contributed by atoms with Gasteiger partial charge in [0.2, 0.25) is 11.7 Å². The summed E-state index contributed by atoms with van der Waals surface area (Å²) in [6, 6.07) is 5.39. The predicted octanol–water partition coefficient (Wildman–Crippen LogP) is 3.78. The summed E-state index contributed by atoms with van der Waals surface area (Å²) in [5.41, 5.74) is 0.723. The van der Waals surface area contributed by atoms with Gasteiger partial charge >= 0.3 is 0 Å². The number of Topliss-reactive ketones (excluding diaryl/α,β-unsaturated/α-hetero) is 1. The maximum atomic E-state index is 13.1. The number of carbonyl (C=O) groups excluding carboxylic acids is 2. The average Bonchev–Trinajstić information content (AvgIpc) is 3.29. The number of aromatic nitrogens is 3. The lowest BCUT2D eigenvalue weighted by molar-refractivity contribution is -0.119. The number of amides is 1. The number of benzene rings is 1. The van der Waals surface area contributed by atoms with Crippen LogP contribution in [0.15, 0.2) is 29.8 Å². The highest BCUT2D eigenvalue weighted by Crippen LogP contribution is 2.27. The first-order valence-corrected chi connectivity index (χ1v) is 9.93. The zero-order chi connectivity index (χ0) is 20.5. The second kappa shape index (κ2) is 7.71. The molecule has 0 unspecified atom stereocenters. The van der Waals surface area contributed by atoms with Crippen molar-refractivity contribution >= 4 is 39.2 Å². The lowest BCUT2D eigenvalue weighted by atomic mass is 9.90. The molecule has 0 bridgehead atoms. The number of imidazole rings is 1. The number of likely N-dealkylation sites (N-methyl/N-ethyl adjacent to an activating group) is 1. The summed E-state index contributed by atoms with van der Waals surface area (Å²) in [6.07, 6.45) is 1.67. The number of ketones is 1. The van der Waals surface area contributed by atoms with E-state index in [9.17, 15) is 9.59 Å². The number of fused-ring (bicyclic) bond motifs is 1. The molecule has 2 aromatic heterocycles. The maximum absolute atomic E-state index is 13.1. The summed E-state index contributed by atoms with van der Waals surface area (Å²) in [7, 11) is 1.58. The van der Waals surface area contributed by atoms with Crippen LogP contribution in [0.3, 0.4) is 0 Å². The van der Waals surface area contributed by atoms with Gasteiger partial charge in [0.15, 0.2) is 11.0 Å². The van der Waals surface area contributed by atoms with Crippen LogP contribution in [0.2, 0.25) is 0 Å². The Morgan fingerprint density at radius 2 is 2.04 bits per heavy atom. The normalized spacial score (nSPS) is 11.6. The van der Waals surface area contributed by atoms with Crippen molar-refractivity contribution in [2.24, 2.45) is 5.41 Å². The summed E-state index contributed by atoms with van der Waals surface area (Å²) in [5.74, 6) is 0.651. The van der Waals surface area contributed by atoms with Crippen molar-refractivity contribution in [3.8, 4) is 5.75 Å². The molecule has 1 aromatic carbocycles. The number of methoxy groups -OCH3 is 1. The topological polar surface area (TPSA) is 77.3 Å². The number of rotatable bonds is 6. The summed E-state index contributed by atoms with van der Waals surface area (Å²) < 4.78 is 7.00. The van der Waals surface area contributed by atoms with E-state index in [1.165, 1.54) is 11.3 Å². The van der Waals surface area contributed by atoms with Gasteiger partial charge in [-0.3, -0.25) is 14.5 Å². The second-order valence-corrected chi connectivity index (χ2v) is 8.28. The molecule has 2 heterocycles. The van der Waals surface area contributed by atoms with Crippen molar-refractivity contribution in [1.82, 2.24) is 14.5 Å². The largest absolute Gasteiger partial charge is 0.497 e. The zero-order valence-corrected chi connectivity index (χ0v) is 17.5. The first-order chi connectivity index (χ1) is 13.3. The third-order valence-electron chi connectivity index (χ3n) is 4.40. The van der Waals surface area contributed by atoms with Gasteiger partial charge in [-0.2, -0.15) is 0 Å². The first kappa shape index (κ1) is 20.0. The van der Waals surface area contributed by atoms with Gasteiger partial charge in [-0.1, -0.05) is 20.8 Å². The van der Waals surface area contributed by atoms with Gasteiger partial charge in [0, 0.05) is 29.6 Å². The van der Waals surface area contributed by atoms with Crippen molar-refractivity contribution in [1.29, 1.82) is 0 Å². The molecule has 3 rings (SSSR count). The van der Waals surface area contributed by atoms with E-state index in [4.69, 9.17) is 4.74 Å². The van der Waals surface area contributed by atoms with Gasteiger partial charge in [-0.15, -0.1) is 11.3 Å². The van der Waals surface area contributed by atoms with Crippen LogP contribution in [0.5, 0.6) is 5.75 Å². The summed E-state index contributed by atoms with van der Waals surface area (Å²) in [4.78, 5) is 36.5. The standard InChI is InChI=1S/C20H24N4O3S/c1-6-23(19-21-9-10-28-19)16(25)12-24-15-11-13(27-5)7-8-14(15)22-18(24)17(26)20(2,3)4/h7-11H,6,12H2,1-5H3. The predicted molar refractivity (Wildman–Crippen MR) is 110 cm³/mol. The minimum Gasteiger partial charge on any atom is -0.497 e. The highest BCUT2D eigenvalue weighted by molar-refractivity contribution is 7.13. The van der Waals surface area contributed by atoms with E-state index in [2.05, 4.69) is 9.97 Å². The minimum atomic E-state index is -0.619. The number of carbonyl (C=O) groups is 2. The first-order valence-electron chi connectivity index (χ1n) is 9.05. The van der Waals surface area contributed by atoms with E-state index < -0.39 is 5.41 Å². The van der Waals surface area contributed by atoms with Crippen LogP contribution >= 0.6 is 11.3 Å². The third kappa shape index (κ3) is 3.77. The Morgan fingerprint density at radius 3 is 2.61 bits per heavy atom. The molecule has 148 valence electrons. The Morgan fingerprint density at radius 1 is 1.29 bits per heavy atom. The van der Waals surface area contributed by atoms with E-state index in [1.807, 2.05) is 33.1 Å². The smallest absolute Gasteiger partial charge is 0.248 e. The number of ether oxygens (including phenoxy) is 1. The molecule has 0 aliphatic carbocycles. The second-order valence-electron chi connectivity index (χ2n) is 7.41. The molecule has 0 aliphatic rings. The minimum absolute atomic E-state index is 0.00571. The van der Waals surface area contributed by atoms with Crippen molar-refractivity contribution in [3.63, 3.8) is 0 Å². The molecular formula is C20H24N4O3S. The van der Waals surface area contributed by atoms with Gasteiger partial charge in [-0.25, -0.2) is 9.97 Å². The van der Waals surface area contributed by atoms with E-state index in [-0.39, 0.29) is 24.1 Å². The molecule has 0 aliphatic heterocycles. The summed E-state index contributed by atoms with van der Waals surface area (Å²) in [5, 5.41) is 2.47. The van der Waals surface area contributed by atoms with E-state index >= 15 is 0 Å². The molecule has 8 heteroatoms. The van der Waals surface area contributed by atoms with Gasteiger partial charge < -0.3 is 9.30 Å². The highest BCUT2D eigenvalue weighted by atomic mass is 32.1. The molecule has 0 fully saturated rings. The van der Waals surface area contributed by atoms with Crippen LogP contribution in [0.1, 0.15) is 38.3 Å². The van der Waals surface area contributed by atoms with Gasteiger partial charge in [0.05, 0.1) is 18.1 Å². The van der Waals surface area contributed by atoms with Crippen LogP contribution < -0.4 is 9.64 Å². The van der Waals surface area contributed by atoms with Crippen LogP contribution in [-0.2, 0) is 11.3 Å². The fourth-order valence-electron chi connectivity index (χ4n) is 2.89. The number of nitrogens with zero attached hydrogens (tertiary/aromatic N) is 4. The fraction of sp³-hybridized carbons (Fsp3) is 0.400. The van der Waals surface area contributed by atoms with Crippen molar-refractivity contribution in [2.75, 3.05) is 18.6 Å². The number of anilines is 1. The molecular weight excluding hydrogens is 376 g/mol. The molecule has 0 N–H and O–H groups in total. The monoisotopic (exact) mass is 400 g/mol. The quantitative estimate of drug-likeness (QED) is 0.589. The molecule has 0 saturated carbocycles. The van der Waals surface area contributed by atoms with Gasteiger partial charge in [-0.05, 0) is 19.1 Å². The van der Waals surface area contributed by atoms with Gasteiger partial charge in [0.25, 0.3) is 0 Å². The Hall–Kier alpha value is -2.74. The van der Waals surface area contributed by atoms with E-state index in [1.54, 1.807) is 41.0 Å². The lowest BCUT2D eigenvalue weighted by Gasteiger charge is -2.20. The Labute approximate surface area is 168 Å². The van der Waals surface area contributed by atoms with Crippen molar-refractivity contribution in [3.05, 3.63) is 35.6 Å². The number of hydrogen-bond donors (Lipinski definition) is 0. The molecule has 3 aromatic rings. The van der Waals surface area contributed by atoms with E-state index in [0.29, 0.717) is 28.5 Å². The Balaban J connectivity index is 2.08. The highest BCUT2D eigenvalue weighted by Gasteiger charge is 2.30. The summed E-state index contributed by atoms with van der Waals surface area (Å²) >= 11 is 1.40. The molecule has 0 spiro atoms. The molecule has 0 radical (unpaired) electrons. The van der Waals surface area contributed by atoms with Crippen LogP contribution in [0.4, 0.5) is 5.13 Å². The van der Waals surface area contributed by atoms with Crippen molar-refractivity contribution < 1.29 is 14.3 Å². The van der Waals surface area contributed by atoms with Crippen LogP contribution in [0, 0.1) is 5.41 Å². The SMILES string of the molecule is CCN(C(=O)Cn1c(C(=O)C(C)(C)C)nc2ccc(OC)cc21)c1nccs1. The molecule has 1 amide bonds. The molecule has 28 heavy (non-hydrogen) atoms. The zero-order valence-electron chi connectivity index (χ0n) is 16.7. The number of hydrogen-bond acceptors (Lipinski definition) is 6. The Kier molecular flexibility index (Phi) is 5.51. The van der Waals surface area contributed by atoms with E-state index in [0.717, 1.165) is 0 Å². The number of thiazole rings is 1. The maximum Gasteiger partial charge on any atom is 0.248 e. The fourth-order valence-corrected chi connectivity index (χ4v) is 3.61. The lowest BCUT2D eigenvalue weighted by Crippen LogP contribution is -2.35. The average molecular weight is 401 g/mol. The molecule has 7 nitrogen and oxygen atoms in total. The molecule has 0 saturated heterocycles. The van der Waals surface area contributed by atoms with Crippen LogP contribution in [0.25, 0.3) is 11.0 Å². The molecule has 0 atom stereocenters. The summed E-state index contributed by atoms with van der Waals surface area (Å²) in [6.45, 7) is 7.91. The Bertz CT molecular complexity index is 1000.